The quantitative estimate of drug-likeness (QED) is 0.233. The highest BCUT2D eigenvalue weighted by Gasteiger charge is 2.26. The number of aliphatic imine (C=N–C) groups is 1. The van der Waals surface area contributed by atoms with Crippen molar-refractivity contribution in [1.82, 2.24) is 4.98 Å². The monoisotopic (exact) mass is 627 g/mol. The highest BCUT2D eigenvalue weighted by Crippen LogP contribution is 2.39. The van der Waals surface area contributed by atoms with E-state index < -0.39 is 5.97 Å². The summed E-state index contributed by atoms with van der Waals surface area (Å²) in [6, 6.07) is 25.6. The topological polar surface area (TPSA) is 114 Å². The summed E-state index contributed by atoms with van der Waals surface area (Å²) in [5.74, 6) is -0.155. The van der Waals surface area contributed by atoms with Gasteiger partial charge in [-0.1, -0.05) is 30.3 Å². The molecule has 4 heterocycles. The lowest BCUT2D eigenvalue weighted by molar-refractivity contribution is -0.0562. The Kier molecular flexibility index (Phi) is 9.09. The molecule has 3 aromatic carbocycles. The van der Waals surface area contributed by atoms with Crippen molar-refractivity contribution in [3.05, 3.63) is 112 Å². The molecular weight excluding hydrogens is 590 g/mol. The van der Waals surface area contributed by atoms with E-state index in [-0.39, 0.29) is 5.92 Å². The number of ether oxygens (including phenoxy) is 3. The van der Waals surface area contributed by atoms with Gasteiger partial charge in [-0.05, 0) is 109 Å². The van der Waals surface area contributed by atoms with Crippen LogP contribution in [0, 0.1) is 11.3 Å². The highest BCUT2D eigenvalue weighted by atomic mass is 16.5. The van der Waals surface area contributed by atoms with Crippen molar-refractivity contribution >= 4 is 17.4 Å². The molecule has 2 atom stereocenters. The van der Waals surface area contributed by atoms with Gasteiger partial charge < -0.3 is 19.3 Å². The number of pyridine rings is 1. The molecule has 238 valence electrons. The number of nitriles is 1. The van der Waals surface area contributed by atoms with Crippen LogP contribution in [-0.4, -0.2) is 41.1 Å². The summed E-state index contributed by atoms with van der Waals surface area (Å²) >= 11 is 0. The van der Waals surface area contributed by atoms with Crippen LogP contribution >= 0.6 is 0 Å². The van der Waals surface area contributed by atoms with E-state index in [1.165, 1.54) is 0 Å². The zero-order chi connectivity index (χ0) is 32.2. The zero-order valence-corrected chi connectivity index (χ0v) is 26.3. The lowest BCUT2D eigenvalue weighted by Gasteiger charge is -2.28. The Hall–Kier alpha value is -4.84. The Balaban J connectivity index is 1.18. The van der Waals surface area contributed by atoms with Crippen molar-refractivity contribution in [2.75, 3.05) is 13.2 Å². The molecule has 8 nitrogen and oxygen atoms in total. The summed E-state index contributed by atoms with van der Waals surface area (Å²) in [6.45, 7) is 2.08. The molecule has 6 bridgehead atoms. The standard InChI is InChI=1S/C39H37N3O5/c40-22-31-5-4-25-18-28(31)14-16-45-24-32-19-29(36-2-1-3-38(42-36)47-23-25)7-6-27(32)20-33-11-8-26(9-12-34-15-17-46-34)35-21-30(39(43)44)10-13-37(35)41-33/h1-7,10,13,18-19,21,26,34H,8-9,11-12,14-17,20,23-24H2,(H,43,44)/t26?,34-/m1/s1. The van der Waals surface area contributed by atoms with Gasteiger partial charge in [0.25, 0.3) is 0 Å². The average molecular weight is 628 g/mol. The number of carboxylic acid groups (broad SMARTS) is 1. The average Bonchev–Trinajstić information content (AvgIpc) is 3.24. The minimum Gasteiger partial charge on any atom is -0.478 e. The largest absolute Gasteiger partial charge is 0.478 e. The molecule has 0 radical (unpaired) electrons. The predicted molar refractivity (Wildman–Crippen MR) is 178 cm³/mol. The van der Waals surface area contributed by atoms with Crippen LogP contribution in [0.4, 0.5) is 5.69 Å². The van der Waals surface area contributed by atoms with Crippen molar-refractivity contribution in [2.45, 2.75) is 70.2 Å². The van der Waals surface area contributed by atoms with E-state index in [9.17, 15) is 15.2 Å². The first-order chi connectivity index (χ1) is 23.0. The van der Waals surface area contributed by atoms with Crippen LogP contribution in [0.1, 0.15) is 81.8 Å². The van der Waals surface area contributed by atoms with Crippen molar-refractivity contribution in [3.8, 4) is 23.2 Å². The van der Waals surface area contributed by atoms with E-state index in [2.05, 4.69) is 24.3 Å². The number of fused-ring (bicyclic) bond motifs is 8. The van der Waals surface area contributed by atoms with Gasteiger partial charge in [-0.2, -0.15) is 5.26 Å². The normalized spacial score (nSPS) is 18.9. The van der Waals surface area contributed by atoms with E-state index >= 15 is 0 Å². The minimum absolute atomic E-state index is 0.222. The molecule has 0 saturated carbocycles. The van der Waals surface area contributed by atoms with Gasteiger partial charge in [0.05, 0.1) is 47.9 Å². The van der Waals surface area contributed by atoms with Crippen molar-refractivity contribution < 1.29 is 24.1 Å². The molecule has 3 aliphatic rings. The SMILES string of the molecule is N#Cc1ccc2cc1CCOCc1cc(ccc1CC1=Nc3ccc(C(=O)O)cc3C(CC[C@@H]3CCO3)CC1)-c1cccc(n1)OC2. The molecule has 8 heteroatoms. The molecule has 0 spiro atoms. The summed E-state index contributed by atoms with van der Waals surface area (Å²) < 4.78 is 18.0. The third kappa shape index (κ3) is 7.12. The maximum Gasteiger partial charge on any atom is 0.335 e. The van der Waals surface area contributed by atoms with Crippen LogP contribution in [-0.2, 0) is 35.5 Å². The number of nitrogens with zero attached hydrogens (tertiary/aromatic N) is 3. The zero-order valence-electron chi connectivity index (χ0n) is 26.3. The van der Waals surface area contributed by atoms with Crippen LogP contribution in [0.5, 0.6) is 5.88 Å². The Morgan fingerprint density at radius 2 is 1.85 bits per heavy atom. The van der Waals surface area contributed by atoms with E-state index in [1.54, 1.807) is 6.07 Å². The van der Waals surface area contributed by atoms with E-state index in [1.807, 2.05) is 48.5 Å². The molecule has 1 saturated heterocycles. The van der Waals surface area contributed by atoms with Crippen LogP contribution < -0.4 is 4.74 Å². The number of hydrogen-bond acceptors (Lipinski definition) is 7. The van der Waals surface area contributed by atoms with Gasteiger partial charge in [0.2, 0.25) is 5.88 Å². The van der Waals surface area contributed by atoms with Crippen LogP contribution in [0.3, 0.4) is 0 Å². The van der Waals surface area contributed by atoms with E-state index in [4.69, 9.17) is 24.2 Å². The number of rotatable bonds is 6. The smallest absolute Gasteiger partial charge is 0.335 e. The summed E-state index contributed by atoms with van der Waals surface area (Å²) in [7, 11) is 0. The molecule has 0 amide bonds. The first kappa shape index (κ1) is 30.8. The number of benzene rings is 3. The molecule has 7 rings (SSSR count). The molecule has 0 aliphatic carbocycles. The summed E-state index contributed by atoms with van der Waals surface area (Å²) in [4.78, 5) is 21.8. The lowest BCUT2D eigenvalue weighted by atomic mass is 9.86. The van der Waals surface area contributed by atoms with Crippen molar-refractivity contribution in [1.29, 1.82) is 5.26 Å². The second kappa shape index (κ2) is 13.9. The van der Waals surface area contributed by atoms with Crippen molar-refractivity contribution in [2.24, 2.45) is 4.99 Å². The number of aromatic carboxylic acids is 1. The third-order valence-electron chi connectivity index (χ3n) is 9.47. The Labute approximate surface area is 274 Å². The van der Waals surface area contributed by atoms with Gasteiger partial charge in [0, 0.05) is 30.4 Å². The van der Waals surface area contributed by atoms with Crippen LogP contribution in [0.2, 0.25) is 0 Å². The predicted octanol–water partition coefficient (Wildman–Crippen LogP) is 7.73. The maximum absolute atomic E-state index is 11.8. The lowest BCUT2D eigenvalue weighted by Crippen LogP contribution is -2.27. The molecule has 1 aromatic heterocycles. The molecule has 1 N–H and O–H groups in total. The highest BCUT2D eigenvalue weighted by molar-refractivity contribution is 5.92. The number of carboxylic acids is 1. The second-order valence-electron chi connectivity index (χ2n) is 12.6. The fraction of sp³-hybridized carbons (Fsp3) is 0.333. The van der Waals surface area contributed by atoms with Gasteiger partial charge in [0.1, 0.15) is 6.61 Å². The molecule has 3 aliphatic heterocycles. The van der Waals surface area contributed by atoms with Gasteiger partial charge in [0.15, 0.2) is 0 Å². The van der Waals surface area contributed by atoms with Crippen LogP contribution in [0.25, 0.3) is 11.3 Å². The first-order valence-corrected chi connectivity index (χ1v) is 16.4. The Morgan fingerprint density at radius 1 is 0.936 bits per heavy atom. The number of hydrogen-bond donors (Lipinski definition) is 1. The summed E-state index contributed by atoms with van der Waals surface area (Å²) in [5, 5.41) is 19.4. The molecule has 47 heavy (non-hydrogen) atoms. The fourth-order valence-electron chi connectivity index (χ4n) is 6.71. The number of aromatic nitrogens is 1. The maximum atomic E-state index is 11.8. The van der Waals surface area contributed by atoms with Gasteiger partial charge >= 0.3 is 5.97 Å². The fourth-order valence-corrected chi connectivity index (χ4v) is 6.71. The first-order valence-electron chi connectivity index (χ1n) is 16.4. The van der Waals surface area contributed by atoms with Crippen LogP contribution in [0.15, 0.2) is 77.8 Å². The summed E-state index contributed by atoms with van der Waals surface area (Å²) in [6.07, 6.45) is 6.33. The van der Waals surface area contributed by atoms with E-state index in [0.29, 0.717) is 55.8 Å². The Morgan fingerprint density at radius 3 is 2.68 bits per heavy atom. The molecule has 1 fully saturated rings. The molecule has 1 unspecified atom stereocenters. The third-order valence-corrected chi connectivity index (χ3v) is 9.47. The van der Waals surface area contributed by atoms with Crippen molar-refractivity contribution in [3.63, 3.8) is 0 Å². The minimum atomic E-state index is -0.920. The van der Waals surface area contributed by atoms with E-state index in [0.717, 1.165) is 89.2 Å². The second-order valence-corrected chi connectivity index (χ2v) is 12.6. The Bertz CT molecular complexity index is 1870. The van der Waals surface area contributed by atoms with Gasteiger partial charge in [-0.15, -0.1) is 0 Å². The molecular formula is C39H37N3O5. The number of carbonyl (C=O) groups is 1. The van der Waals surface area contributed by atoms with Gasteiger partial charge in [-0.25, -0.2) is 9.78 Å². The van der Waals surface area contributed by atoms with Gasteiger partial charge in [-0.3, -0.25) is 4.99 Å². The molecule has 4 aromatic rings. The summed E-state index contributed by atoms with van der Waals surface area (Å²) in [5.41, 5.74) is 9.80.